The Hall–Kier alpha value is -0.740. The minimum Gasteiger partial charge on any atom is -0.494 e. The standard InChI is InChI=1S/C9H10BrClN2O/c1-13-4-5-3-6(10)9(14-2)7(11)8(5)12/h3-4H,12H2,1-2H3. The second-order valence-electron chi connectivity index (χ2n) is 2.60. The first-order chi connectivity index (χ1) is 6.61. The summed E-state index contributed by atoms with van der Waals surface area (Å²) >= 11 is 9.33. The molecule has 0 heterocycles. The summed E-state index contributed by atoms with van der Waals surface area (Å²) in [6.07, 6.45) is 1.64. The Labute approximate surface area is 96.0 Å². The number of nitrogens with zero attached hydrogens (tertiary/aromatic N) is 1. The van der Waals surface area contributed by atoms with Gasteiger partial charge in [0.25, 0.3) is 0 Å². The molecule has 0 amide bonds. The van der Waals surface area contributed by atoms with Gasteiger partial charge >= 0.3 is 0 Å². The third-order valence-corrected chi connectivity index (χ3v) is 2.68. The molecule has 14 heavy (non-hydrogen) atoms. The minimum absolute atomic E-state index is 0.400. The van der Waals surface area contributed by atoms with Crippen LogP contribution in [-0.4, -0.2) is 20.4 Å². The van der Waals surface area contributed by atoms with Crippen LogP contribution >= 0.6 is 27.5 Å². The van der Waals surface area contributed by atoms with Crippen molar-refractivity contribution in [2.75, 3.05) is 19.9 Å². The van der Waals surface area contributed by atoms with E-state index in [9.17, 15) is 0 Å². The maximum absolute atomic E-state index is 6.00. The molecule has 2 N–H and O–H groups in total. The van der Waals surface area contributed by atoms with Crippen LogP contribution in [0.3, 0.4) is 0 Å². The van der Waals surface area contributed by atoms with E-state index in [1.165, 1.54) is 0 Å². The number of ether oxygens (including phenoxy) is 1. The van der Waals surface area contributed by atoms with Crippen LogP contribution in [0, 0.1) is 0 Å². The molecule has 0 spiro atoms. The van der Waals surface area contributed by atoms with Gasteiger partial charge in [0.05, 0.1) is 17.3 Å². The molecule has 0 aromatic heterocycles. The highest BCUT2D eigenvalue weighted by Gasteiger charge is 2.12. The molecule has 0 aliphatic carbocycles. The van der Waals surface area contributed by atoms with Crippen molar-refractivity contribution in [3.63, 3.8) is 0 Å². The van der Waals surface area contributed by atoms with Crippen LogP contribution in [0.4, 0.5) is 5.69 Å². The van der Waals surface area contributed by atoms with E-state index >= 15 is 0 Å². The zero-order valence-electron chi connectivity index (χ0n) is 7.84. The predicted molar refractivity (Wildman–Crippen MR) is 63.6 cm³/mol. The number of nitrogen functional groups attached to an aromatic ring is 1. The molecule has 0 aliphatic heterocycles. The van der Waals surface area contributed by atoms with Crippen molar-refractivity contribution < 1.29 is 4.74 Å². The summed E-state index contributed by atoms with van der Waals surface area (Å²) in [5.41, 5.74) is 7.03. The normalized spacial score (nSPS) is 10.9. The van der Waals surface area contributed by atoms with Gasteiger partial charge in [0, 0.05) is 18.8 Å². The lowest BCUT2D eigenvalue weighted by Gasteiger charge is -2.10. The molecule has 0 saturated carbocycles. The van der Waals surface area contributed by atoms with Crippen LogP contribution in [-0.2, 0) is 0 Å². The zero-order valence-corrected chi connectivity index (χ0v) is 10.2. The summed E-state index contributed by atoms with van der Waals surface area (Å²) in [4.78, 5) is 3.88. The van der Waals surface area contributed by atoms with Crippen molar-refractivity contribution in [2.24, 2.45) is 4.99 Å². The summed E-state index contributed by atoms with van der Waals surface area (Å²) in [6.45, 7) is 0. The Morgan fingerprint density at radius 2 is 2.29 bits per heavy atom. The van der Waals surface area contributed by atoms with Gasteiger partial charge in [-0.1, -0.05) is 11.6 Å². The lowest BCUT2D eigenvalue weighted by atomic mass is 10.2. The van der Waals surface area contributed by atoms with Crippen LogP contribution in [0.5, 0.6) is 5.75 Å². The molecule has 0 radical (unpaired) electrons. The lowest BCUT2D eigenvalue weighted by molar-refractivity contribution is 0.412. The fourth-order valence-corrected chi connectivity index (χ4v) is 2.08. The molecule has 0 atom stereocenters. The number of aliphatic imine (C=N–C) groups is 1. The van der Waals surface area contributed by atoms with Gasteiger partial charge in [0.2, 0.25) is 0 Å². The summed E-state index contributed by atoms with van der Waals surface area (Å²) in [5, 5.41) is 0.400. The maximum Gasteiger partial charge on any atom is 0.153 e. The van der Waals surface area contributed by atoms with Gasteiger partial charge in [-0.25, -0.2) is 0 Å². The highest BCUT2D eigenvalue weighted by atomic mass is 79.9. The van der Waals surface area contributed by atoms with Gasteiger partial charge in [0.1, 0.15) is 5.02 Å². The predicted octanol–water partition coefficient (Wildman–Crippen LogP) is 2.74. The average molecular weight is 278 g/mol. The van der Waals surface area contributed by atoms with Crippen molar-refractivity contribution in [1.29, 1.82) is 0 Å². The van der Waals surface area contributed by atoms with E-state index in [1.54, 1.807) is 20.4 Å². The summed E-state index contributed by atoms with van der Waals surface area (Å²) in [6, 6.07) is 1.81. The third kappa shape index (κ3) is 2.01. The molecule has 3 nitrogen and oxygen atoms in total. The van der Waals surface area contributed by atoms with Crippen molar-refractivity contribution in [3.05, 3.63) is 21.1 Å². The van der Waals surface area contributed by atoms with Crippen LogP contribution < -0.4 is 10.5 Å². The molecular weight excluding hydrogens is 267 g/mol. The highest BCUT2D eigenvalue weighted by molar-refractivity contribution is 9.10. The SMILES string of the molecule is CN=Cc1cc(Br)c(OC)c(Cl)c1N. The largest absolute Gasteiger partial charge is 0.494 e. The van der Waals surface area contributed by atoms with Gasteiger partial charge in [-0.05, 0) is 22.0 Å². The van der Waals surface area contributed by atoms with Gasteiger partial charge < -0.3 is 10.5 Å². The molecule has 0 bridgehead atoms. The van der Waals surface area contributed by atoms with Gasteiger partial charge in [-0.2, -0.15) is 0 Å². The monoisotopic (exact) mass is 276 g/mol. The van der Waals surface area contributed by atoms with Gasteiger partial charge in [0.15, 0.2) is 5.75 Å². The summed E-state index contributed by atoms with van der Waals surface area (Å²) in [7, 11) is 3.21. The number of rotatable bonds is 2. The molecular formula is C9H10BrClN2O. The Morgan fingerprint density at radius 3 is 2.79 bits per heavy atom. The number of halogens is 2. The molecule has 0 saturated heterocycles. The van der Waals surface area contributed by atoms with E-state index in [1.807, 2.05) is 6.07 Å². The first-order valence-electron chi connectivity index (χ1n) is 3.85. The highest BCUT2D eigenvalue weighted by Crippen LogP contribution is 2.38. The van der Waals surface area contributed by atoms with E-state index in [2.05, 4.69) is 20.9 Å². The van der Waals surface area contributed by atoms with Crippen molar-refractivity contribution in [1.82, 2.24) is 0 Å². The van der Waals surface area contributed by atoms with Crippen LogP contribution in [0.15, 0.2) is 15.5 Å². The van der Waals surface area contributed by atoms with E-state index in [4.69, 9.17) is 22.1 Å². The number of benzene rings is 1. The first kappa shape index (κ1) is 11.3. The Balaban J connectivity index is 3.39. The van der Waals surface area contributed by atoms with Crippen molar-refractivity contribution >= 4 is 39.4 Å². The van der Waals surface area contributed by atoms with Crippen LogP contribution in [0.1, 0.15) is 5.56 Å². The van der Waals surface area contributed by atoms with E-state index < -0.39 is 0 Å². The smallest absolute Gasteiger partial charge is 0.153 e. The van der Waals surface area contributed by atoms with Gasteiger partial charge in [-0.15, -0.1) is 0 Å². The summed E-state index contributed by atoms with van der Waals surface area (Å²) in [5.74, 6) is 0.539. The summed E-state index contributed by atoms with van der Waals surface area (Å²) < 4.78 is 5.84. The number of nitrogens with two attached hydrogens (primary N) is 1. The van der Waals surface area contributed by atoms with Crippen LogP contribution in [0.2, 0.25) is 5.02 Å². The van der Waals surface area contributed by atoms with Gasteiger partial charge in [-0.3, -0.25) is 4.99 Å². The second kappa shape index (κ2) is 4.66. The fourth-order valence-electron chi connectivity index (χ4n) is 1.07. The molecule has 0 aliphatic rings. The van der Waals surface area contributed by atoms with E-state index in [0.29, 0.717) is 16.5 Å². The zero-order chi connectivity index (χ0) is 10.7. The average Bonchev–Trinajstić information content (AvgIpc) is 2.15. The Bertz CT molecular complexity index is 380. The third-order valence-electron chi connectivity index (χ3n) is 1.72. The van der Waals surface area contributed by atoms with Crippen LogP contribution in [0.25, 0.3) is 0 Å². The Kier molecular flexibility index (Phi) is 3.77. The molecule has 1 rings (SSSR count). The van der Waals surface area contributed by atoms with E-state index in [-0.39, 0.29) is 0 Å². The molecule has 1 aromatic rings. The molecule has 0 fully saturated rings. The number of methoxy groups -OCH3 is 1. The molecule has 1 aromatic carbocycles. The maximum atomic E-state index is 6.00. The number of anilines is 1. The van der Waals surface area contributed by atoms with E-state index in [0.717, 1.165) is 10.0 Å². The molecule has 76 valence electrons. The van der Waals surface area contributed by atoms with Crippen molar-refractivity contribution in [2.45, 2.75) is 0 Å². The topological polar surface area (TPSA) is 47.6 Å². The quantitative estimate of drug-likeness (QED) is 0.667. The minimum atomic E-state index is 0.400. The molecule has 0 unspecified atom stereocenters. The molecule has 5 heteroatoms. The first-order valence-corrected chi connectivity index (χ1v) is 5.02. The fraction of sp³-hybridized carbons (Fsp3) is 0.222. The second-order valence-corrected chi connectivity index (χ2v) is 3.83. The Morgan fingerprint density at radius 1 is 1.64 bits per heavy atom. The number of hydrogen-bond donors (Lipinski definition) is 1. The lowest BCUT2D eigenvalue weighted by Crippen LogP contribution is -1.97. The number of hydrogen-bond acceptors (Lipinski definition) is 3. The van der Waals surface area contributed by atoms with Crippen molar-refractivity contribution in [3.8, 4) is 5.75 Å².